The van der Waals surface area contributed by atoms with Gasteiger partial charge in [0.05, 0.1) is 12.1 Å². The van der Waals surface area contributed by atoms with E-state index in [1.807, 2.05) is 20.8 Å². The molecule has 128 valence electrons. The van der Waals surface area contributed by atoms with Crippen LogP contribution in [-0.2, 0) is 10.2 Å². The van der Waals surface area contributed by atoms with E-state index in [1.54, 1.807) is 29.6 Å². The molecule has 0 saturated heterocycles. The monoisotopic (exact) mass is 348 g/mol. The van der Waals surface area contributed by atoms with Crippen LogP contribution in [0.5, 0.6) is 5.75 Å². The normalized spacial score (nSPS) is 12.5. The molecule has 0 fully saturated rings. The lowest BCUT2D eigenvalue weighted by Crippen LogP contribution is -2.34. The summed E-state index contributed by atoms with van der Waals surface area (Å²) in [4.78, 5) is 28.2. The number of ether oxygens (including phenoxy) is 1. The largest absolute Gasteiger partial charge is 0.497 e. The van der Waals surface area contributed by atoms with Gasteiger partial charge in [-0.3, -0.25) is 4.79 Å². The van der Waals surface area contributed by atoms with Crippen LogP contribution in [0, 0.1) is 0 Å². The van der Waals surface area contributed by atoms with Gasteiger partial charge >= 0.3 is 5.97 Å². The van der Waals surface area contributed by atoms with Gasteiger partial charge in [-0.05, 0) is 17.7 Å². The summed E-state index contributed by atoms with van der Waals surface area (Å²) >= 11 is 1.38. The molecule has 0 aliphatic rings. The van der Waals surface area contributed by atoms with E-state index in [9.17, 15) is 14.7 Å². The molecule has 1 heterocycles. The number of carboxylic acids is 1. The molecule has 24 heavy (non-hydrogen) atoms. The lowest BCUT2D eigenvalue weighted by atomic mass is 9.98. The number of benzene rings is 1. The van der Waals surface area contributed by atoms with Gasteiger partial charge in [-0.25, -0.2) is 9.78 Å². The number of thiazole rings is 1. The lowest BCUT2D eigenvalue weighted by Gasteiger charge is -2.15. The maximum Gasteiger partial charge on any atom is 0.330 e. The number of rotatable bonds is 5. The Hall–Kier alpha value is -2.41. The third-order valence-electron chi connectivity index (χ3n) is 3.33. The van der Waals surface area contributed by atoms with Gasteiger partial charge < -0.3 is 15.2 Å². The number of nitrogens with one attached hydrogen (secondary N) is 1. The van der Waals surface area contributed by atoms with Crippen LogP contribution >= 0.6 is 11.3 Å². The molecule has 0 aliphatic carbocycles. The molecule has 2 rings (SSSR count). The topological polar surface area (TPSA) is 88.5 Å². The summed E-state index contributed by atoms with van der Waals surface area (Å²) in [6, 6.07) is 5.42. The number of nitrogens with zero attached hydrogens (tertiary/aromatic N) is 1. The predicted molar refractivity (Wildman–Crippen MR) is 91.7 cm³/mol. The van der Waals surface area contributed by atoms with Gasteiger partial charge in [-0.1, -0.05) is 32.9 Å². The zero-order valence-corrected chi connectivity index (χ0v) is 14.8. The average molecular weight is 348 g/mol. The maximum atomic E-state index is 12.4. The molecule has 7 heteroatoms. The molecular weight excluding hydrogens is 328 g/mol. The lowest BCUT2D eigenvalue weighted by molar-refractivity contribution is -0.139. The first-order chi connectivity index (χ1) is 11.2. The molecule has 2 aromatic rings. The number of hydrogen-bond acceptors (Lipinski definition) is 5. The Morgan fingerprint density at radius 3 is 2.58 bits per heavy atom. The van der Waals surface area contributed by atoms with Crippen LogP contribution in [0.25, 0.3) is 0 Å². The Bertz CT molecular complexity index is 749. The summed E-state index contributed by atoms with van der Waals surface area (Å²) in [5, 5.41) is 14.4. The summed E-state index contributed by atoms with van der Waals surface area (Å²) in [6.45, 7) is 6.01. The van der Waals surface area contributed by atoms with Gasteiger partial charge in [-0.15, -0.1) is 11.3 Å². The molecule has 0 aliphatic heterocycles. The van der Waals surface area contributed by atoms with E-state index in [1.165, 1.54) is 18.4 Å². The van der Waals surface area contributed by atoms with Crippen LogP contribution in [0.4, 0.5) is 0 Å². The van der Waals surface area contributed by atoms with Crippen LogP contribution in [0.1, 0.15) is 47.9 Å². The van der Waals surface area contributed by atoms with E-state index >= 15 is 0 Å². The third kappa shape index (κ3) is 4.11. The molecule has 1 aromatic heterocycles. The second-order valence-electron chi connectivity index (χ2n) is 6.31. The molecule has 1 unspecified atom stereocenters. The highest BCUT2D eigenvalue weighted by molar-refractivity contribution is 7.10. The maximum absolute atomic E-state index is 12.4. The van der Waals surface area contributed by atoms with Gasteiger partial charge in [-0.2, -0.15) is 0 Å². The van der Waals surface area contributed by atoms with Crippen LogP contribution in [0.15, 0.2) is 29.6 Å². The third-order valence-corrected chi connectivity index (χ3v) is 4.60. The van der Waals surface area contributed by atoms with Gasteiger partial charge in [0.1, 0.15) is 11.4 Å². The van der Waals surface area contributed by atoms with Crippen LogP contribution in [0.2, 0.25) is 0 Å². The first-order valence-electron chi connectivity index (χ1n) is 7.36. The molecule has 2 N–H and O–H groups in total. The Morgan fingerprint density at radius 1 is 1.33 bits per heavy atom. The summed E-state index contributed by atoms with van der Waals surface area (Å²) in [7, 11) is 1.50. The summed E-state index contributed by atoms with van der Waals surface area (Å²) < 4.78 is 5.10. The van der Waals surface area contributed by atoms with Crippen molar-refractivity contribution in [2.45, 2.75) is 32.2 Å². The molecule has 1 amide bonds. The van der Waals surface area contributed by atoms with E-state index in [0.717, 1.165) is 5.01 Å². The minimum Gasteiger partial charge on any atom is -0.497 e. The number of carbonyl (C=O) groups excluding carboxylic acids is 1. The van der Waals surface area contributed by atoms with Crippen molar-refractivity contribution in [1.82, 2.24) is 10.3 Å². The van der Waals surface area contributed by atoms with E-state index < -0.39 is 17.9 Å². The van der Waals surface area contributed by atoms with Crippen molar-refractivity contribution in [3.05, 3.63) is 45.9 Å². The number of amides is 1. The van der Waals surface area contributed by atoms with Crippen molar-refractivity contribution in [3.8, 4) is 5.75 Å². The fourth-order valence-corrected chi connectivity index (χ4v) is 2.92. The number of carbonyl (C=O) groups is 2. The second-order valence-corrected chi connectivity index (χ2v) is 7.17. The highest BCUT2D eigenvalue weighted by atomic mass is 32.1. The average Bonchev–Trinajstić information content (AvgIpc) is 3.02. The molecule has 0 spiro atoms. The van der Waals surface area contributed by atoms with Gasteiger partial charge in [0.25, 0.3) is 5.91 Å². The van der Waals surface area contributed by atoms with Gasteiger partial charge in [0.2, 0.25) is 0 Å². The quantitative estimate of drug-likeness (QED) is 0.867. The molecule has 0 radical (unpaired) electrons. The zero-order chi connectivity index (χ0) is 17.9. The molecule has 6 nitrogen and oxygen atoms in total. The molecule has 1 atom stereocenters. The first kappa shape index (κ1) is 17.9. The zero-order valence-electron chi connectivity index (χ0n) is 14.0. The highest BCUT2D eigenvalue weighted by Crippen LogP contribution is 2.26. The van der Waals surface area contributed by atoms with Crippen LogP contribution in [-0.4, -0.2) is 29.1 Å². The van der Waals surface area contributed by atoms with E-state index in [2.05, 4.69) is 10.3 Å². The molecule has 1 aromatic carbocycles. The van der Waals surface area contributed by atoms with Crippen molar-refractivity contribution in [2.75, 3.05) is 7.11 Å². The Kier molecular flexibility index (Phi) is 5.23. The number of aliphatic carboxylic acids is 1. The van der Waals surface area contributed by atoms with E-state index in [-0.39, 0.29) is 11.1 Å². The number of methoxy groups -OCH3 is 1. The standard InChI is InChI=1S/C17H20N2O4S/c1-17(2,3)16-18-12(9-24-16)14(20)19-13(15(21)22)10-6-5-7-11(8-10)23-4/h5-9,13H,1-4H3,(H,19,20)(H,21,22). The molecule has 0 saturated carbocycles. The Morgan fingerprint density at radius 2 is 2.04 bits per heavy atom. The smallest absolute Gasteiger partial charge is 0.330 e. The van der Waals surface area contributed by atoms with Crippen LogP contribution in [0.3, 0.4) is 0 Å². The Balaban J connectivity index is 2.23. The van der Waals surface area contributed by atoms with E-state index in [4.69, 9.17) is 4.74 Å². The predicted octanol–water partition coefficient (Wildman–Crippen LogP) is 3.00. The van der Waals surface area contributed by atoms with Crippen LogP contribution < -0.4 is 10.1 Å². The minimum atomic E-state index is -1.17. The van der Waals surface area contributed by atoms with Gasteiger partial charge in [0.15, 0.2) is 6.04 Å². The molecular formula is C17H20N2O4S. The van der Waals surface area contributed by atoms with Crippen molar-refractivity contribution in [1.29, 1.82) is 0 Å². The fraction of sp³-hybridized carbons (Fsp3) is 0.353. The summed E-state index contributed by atoms with van der Waals surface area (Å²) in [5.74, 6) is -1.14. The summed E-state index contributed by atoms with van der Waals surface area (Å²) in [6.07, 6.45) is 0. The second kappa shape index (κ2) is 7.00. The first-order valence-corrected chi connectivity index (χ1v) is 8.24. The highest BCUT2D eigenvalue weighted by Gasteiger charge is 2.26. The van der Waals surface area contributed by atoms with Crippen molar-refractivity contribution in [2.24, 2.45) is 0 Å². The Labute approximate surface area is 144 Å². The van der Waals surface area contributed by atoms with Crippen molar-refractivity contribution in [3.63, 3.8) is 0 Å². The number of hydrogen-bond donors (Lipinski definition) is 2. The number of aromatic nitrogens is 1. The van der Waals surface area contributed by atoms with Crippen molar-refractivity contribution < 1.29 is 19.4 Å². The van der Waals surface area contributed by atoms with Gasteiger partial charge in [0, 0.05) is 10.8 Å². The summed E-state index contributed by atoms with van der Waals surface area (Å²) in [5.41, 5.74) is 0.489. The fourth-order valence-electron chi connectivity index (χ4n) is 2.04. The SMILES string of the molecule is COc1cccc(C(NC(=O)c2csc(C(C)(C)C)n2)C(=O)O)c1. The van der Waals surface area contributed by atoms with E-state index in [0.29, 0.717) is 11.3 Å². The molecule has 0 bridgehead atoms. The van der Waals surface area contributed by atoms with Crippen molar-refractivity contribution >= 4 is 23.2 Å². The minimum absolute atomic E-state index is 0.164. The number of carboxylic acid groups (broad SMARTS) is 1.